The first kappa shape index (κ1) is 21.0. The van der Waals surface area contributed by atoms with E-state index >= 15 is 0 Å². The molecule has 0 radical (unpaired) electrons. The van der Waals surface area contributed by atoms with Crippen LogP contribution in [0.15, 0.2) is 48.5 Å². The highest BCUT2D eigenvalue weighted by Gasteiger charge is 2.32. The maximum Gasteiger partial charge on any atom is 0.269 e. The van der Waals surface area contributed by atoms with Crippen molar-refractivity contribution in [3.05, 3.63) is 65.2 Å². The summed E-state index contributed by atoms with van der Waals surface area (Å²) < 4.78 is 0. The summed E-state index contributed by atoms with van der Waals surface area (Å²) >= 11 is 0. The number of rotatable bonds is 6. The van der Waals surface area contributed by atoms with Gasteiger partial charge >= 0.3 is 0 Å². The third kappa shape index (κ3) is 4.48. The number of amides is 4. The van der Waals surface area contributed by atoms with Gasteiger partial charge in [0.15, 0.2) is 0 Å². The number of carbonyl (C=O) groups is 4. The van der Waals surface area contributed by atoms with Gasteiger partial charge in [-0.25, -0.2) is 0 Å². The molecule has 0 fully saturated rings. The van der Waals surface area contributed by atoms with Crippen LogP contribution in [0, 0.1) is 0 Å². The van der Waals surface area contributed by atoms with Gasteiger partial charge in [0.1, 0.15) is 6.54 Å². The third-order valence-corrected chi connectivity index (χ3v) is 5.01. The lowest BCUT2D eigenvalue weighted by Crippen LogP contribution is -2.51. The highest BCUT2D eigenvalue weighted by molar-refractivity contribution is 6.11. The van der Waals surface area contributed by atoms with E-state index < -0.39 is 30.2 Å². The standard InChI is InChI=1S/C22H24N4O4/c1-3-25(4-2)17-11-9-15(10-12-17)21(29)24-23-19(27)14-26-20(28)13-16-7-5-6-8-18(16)22(26)30/h5-12H,3-4,13-14H2,1-2H3,(H,23,27)(H,24,29). The molecule has 0 spiro atoms. The molecule has 8 nitrogen and oxygen atoms in total. The van der Waals surface area contributed by atoms with Crippen LogP contribution in [0.4, 0.5) is 5.69 Å². The highest BCUT2D eigenvalue weighted by atomic mass is 16.2. The Balaban J connectivity index is 1.56. The first-order valence-electron chi connectivity index (χ1n) is 9.81. The molecule has 30 heavy (non-hydrogen) atoms. The number of hydrogen-bond donors (Lipinski definition) is 2. The van der Waals surface area contributed by atoms with E-state index in [9.17, 15) is 19.2 Å². The van der Waals surface area contributed by atoms with Crippen LogP contribution in [0.2, 0.25) is 0 Å². The number of carbonyl (C=O) groups excluding carboxylic acids is 4. The Hall–Kier alpha value is -3.68. The van der Waals surface area contributed by atoms with Gasteiger partial charge in [-0.2, -0.15) is 0 Å². The van der Waals surface area contributed by atoms with E-state index in [0.29, 0.717) is 16.7 Å². The van der Waals surface area contributed by atoms with Gasteiger partial charge in [-0.3, -0.25) is 34.9 Å². The van der Waals surface area contributed by atoms with Gasteiger partial charge < -0.3 is 4.90 Å². The third-order valence-electron chi connectivity index (χ3n) is 5.01. The Labute approximate surface area is 174 Å². The number of nitrogens with one attached hydrogen (secondary N) is 2. The van der Waals surface area contributed by atoms with Gasteiger partial charge in [0.25, 0.3) is 17.7 Å². The van der Waals surface area contributed by atoms with Crippen LogP contribution >= 0.6 is 0 Å². The van der Waals surface area contributed by atoms with Crippen molar-refractivity contribution >= 4 is 29.3 Å². The number of nitrogens with zero attached hydrogens (tertiary/aromatic N) is 2. The van der Waals surface area contributed by atoms with Crippen molar-refractivity contribution in [2.45, 2.75) is 20.3 Å². The maximum absolute atomic E-state index is 12.5. The van der Waals surface area contributed by atoms with Gasteiger partial charge in [0.05, 0.1) is 6.42 Å². The van der Waals surface area contributed by atoms with Gasteiger partial charge in [-0.05, 0) is 49.7 Å². The molecule has 4 amide bonds. The molecular formula is C22H24N4O4. The molecule has 0 saturated heterocycles. The van der Waals surface area contributed by atoms with E-state index in [-0.39, 0.29) is 6.42 Å². The molecule has 0 saturated carbocycles. The fourth-order valence-corrected chi connectivity index (χ4v) is 3.35. The Morgan fingerprint density at radius 1 is 0.967 bits per heavy atom. The predicted octanol–water partition coefficient (Wildman–Crippen LogP) is 1.52. The molecule has 2 aromatic carbocycles. The van der Waals surface area contributed by atoms with Crippen LogP contribution in [0.3, 0.4) is 0 Å². The highest BCUT2D eigenvalue weighted by Crippen LogP contribution is 2.19. The summed E-state index contributed by atoms with van der Waals surface area (Å²) in [6.07, 6.45) is 0.0560. The topological polar surface area (TPSA) is 98.8 Å². The first-order valence-corrected chi connectivity index (χ1v) is 9.81. The van der Waals surface area contributed by atoms with Crippen LogP contribution in [-0.4, -0.2) is 48.2 Å². The SMILES string of the molecule is CCN(CC)c1ccc(C(=O)NNC(=O)CN2C(=O)Cc3ccccc3C2=O)cc1. The Morgan fingerprint density at radius 2 is 1.63 bits per heavy atom. The van der Waals surface area contributed by atoms with Gasteiger partial charge in [0, 0.05) is 29.9 Å². The number of imide groups is 1. The average Bonchev–Trinajstić information content (AvgIpc) is 2.76. The zero-order valence-corrected chi connectivity index (χ0v) is 17.0. The van der Waals surface area contributed by atoms with Crippen LogP contribution in [-0.2, 0) is 16.0 Å². The van der Waals surface area contributed by atoms with E-state index in [1.165, 1.54) is 0 Å². The number of benzene rings is 2. The summed E-state index contributed by atoms with van der Waals surface area (Å²) in [6, 6.07) is 13.8. The summed E-state index contributed by atoms with van der Waals surface area (Å²) in [7, 11) is 0. The quantitative estimate of drug-likeness (QED) is 0.558. The molecule has 0 atom stereocenters. The van der Waals surface area contributed by atoms with Crippen molar-refractivity contribution < 1.29 is 19.2 Å². The first-order chi connectivity index (χ1) is 14.4. The normalized spacial score (nSPS) is 12.9. The molecule has 2 aromatic rings. The number of hydrazine groups is 1. The molecule has 1 aliphatic rings. The summed E-state index contributed by atoms with van der Waals surface area (Å²) in [4.78, 5) is 52.2. The predicted molar refractivity (Wildman–Crippen MR) is 112 cm³/mol. The minimum absolute atomic E-state index is 0.0560. The summed E-state index contributed by atoms with van der Waals surface area (Å²) in [5, 5.41) is 0. The molecule has 0 aliphatic carbocycles. The summed E-state index contributed by atoms with van der Waals surface area (Å²) in [6.45, 7) is 5.35. The molecule has 8 heteroatoms. The minimum Gasteiger partial charge on any atom is -0.372 e. The molecule has 1 heterocycles. The Kier molecular flexibility index (Phi) is 6.46. The molecule has 1 aliphatic heterocycles. The van der Waals surface area contributed by atoms with Crippen molar-refractivity contribution in [1.29, 1.82) is 0 Å². The van der Waals surface area contributed by atoms with Crippen molar-refractivity contribution in [3.8, 4) is 0 Å². The monoisotopic (exact) mass is 408 g/mol. The molecule has 0 aromatic heterocycles. The fraction of sp³-hybridized carbons (Fsp3) is 0.273. The molecule has 0 unspecified atom stereocenters. The zero-order valence-electron chi connectivity index (χ0n) is 17.0. The Morgan fingerprint density at radius 3 is 2.30 bits per heavy atom. The van der Waals surface area contributed by atoms with E-state index in [1.54, 1.807) is 36.4 Å². The number of hydrogen-bond acceptors (Lipinski definition) is 5. The number of anilines is 1. The van der Waals surface area contributed by atoms with E-state index in [4.69, 9.17) is 0 Å². The smallest absolute Gasteiger partial charge is 0.269 e. The molecule has 0 bridgehead atoms. The fourth-order valence-electron chi connectivity index (χ4n) is 3.35. The summed E-state index contributed by atoms with van der Waals surface area (Å²) in [5.41, 5.74) is 7.00. The lowest BCUT2D eigenvalue weighted by atomic mass is 9.98. The largest absolute Gasteiger partial charge is 0.372 e. The average molecular weight is 408 g/mol. The van der Waals surface area contributed by atoms with Crippen LogP contribution in [0.5, 0.6) is 0 Å². The van der Waals surface area contributed by atoms with E-state index in [1.807, 2.05) is 12.1 Å². The zero-order chi connectivity index (χ0) is 21.7. The lowest BCUT2D eigenvalue weighted by Gasteiger charge is -2.26. The second kappa shape index (κ2) is 9.21. The van der Waals surface area contributed by atoms with Gasteiger partial charge in [-0.1, -0.05) is 18.2 Å². The van der Waals surface area contributed by atoms with Crippen LogP contribution < -0.4 is 15.8 Å². The molecule has 3 rings (SSSR count). The maximum atomic E-state index is 12.5. The van der Waals surface area contributed by atoms with E-state index in [2.05, 4.69) is 29.6 Å². The second-order valence-electron chi connectivity index (χ2n) is 6.84. The molecule has 2 N–H and O–H groups in total. The van der Waals surface area contributed by atoms with Crippen LogP contribution in [0.1, 0.15) is 40.1 Å². The molecule has 156 valence electrons. The Bertz CT molecular complexity index is 967. The second-order valence-corrected chi connectivity index (χ2v) is 6.84. The van der Waals surface area contributed by atoms with Gasteiger partial charge in [0.2, 0.25) is 5.91 Å². The van der Waals surface area contributed by atoms with Crippen molar-refractivity contribution in [2.24, 2.45) is 0 Å². The minimum atomic E-state index is -0.663. The number of fused-ring (bicyclic) bond motifs is 1. The van der Waals surface area contributed by atoms with E-state index in [0.717, 1.165) is 23.7 Å². The van der Waals surface area contributed by atoms with Gasteiger partial charge in [-0.15, -0.1) is 0 Å². The van der Waals surface area contributed by atoms with Crippen molar-refractivity contribution in [1.82, 2.24) is 15.8 Å². The van der Waals surface area contributed by atoms with Crippen LogP contribution in [0.25, 0.3) is 0 Å². The van der Waals surface area contributed by atoms with Crippen molar-refractivity contribution in [3.63, 3.8) is 0 Å². The lowest BCUT2D eigenvalue weighted by molar-refractivity contribution is -0.133. The van der Waals surface area contributed by atoms with Crippen molar-refractivity contribution in [2.75, 3.05) is 24.5 Å². The molecular weight excluding hydrogens is 384 g/mol. The summed E-state index contributed by atoms with van der Waals surface area (Å²) in [5.74, 6) is -2.12.